The lowest BCUT2D eigenvalue weighted by Gasteiger charge is -2.32. The molecule has 3 aromatic carbocycles. The van der Waals surface area contributed by atoms with E-state index in [0.29, 0.717) is 43.3 Å². The predicted octanol–water partition coefficient (Wildman–Crippen LogP) is 13.2. The number of ether oxygens (including phenoxy) is 4. The maximum absolute atomic E-state index is 14.1. The molecule has 0 amide bonds. The van der Waals surface area contributed by atoms with Gasteiger partial charge in [-0.15, -0.1) is 0 Å². The van der Waals surface area contributed by atoms with Crippen LogP contribution in [0.1, 0.15) is 112 Å². The number of alkyl halides is 9. The molecule has 1 aliphatic carbocycles. The van der Waals surface area contributed by atoms with Crippen molar-refractivity contribution < 1.29 is 58.5 Å². The highest BCUT2D eigenvalue weighted by molar-refractivity contribution is 5.72. The minimum Gasteiger partial charge on any atom is -0.494 e. The molecule has 1 saturated carbocycles. The van der Waals surface area contributed by atoms with Crippen LogP contribution in [0.2, 0.25) is 0 Å². The summed E-state index contributed by atoms with van der Waals surface area (Å²) in [6.07, 6.45) is -9.33. The van der Waals surface area contributed by atoms with E-state index in [4.69, 9.17) is 18.9 Å². The molecule has 4 rings (SSSR count). The van der Waals surface area contributed by atoms with Gasteiger partial charge in [-0.2, -0.15) is 39.5 Å². The predicted molar refractivity (Wildman–Crippen MR) is 189 cm³/mol. The van der Waals surface area contributed by atoms with Gasteiger partial charge in [0.1, 0.15) is 22.8 Å². The average Bonchev–Trinajstić information content (AvgIpc) is 3.11. The summed E-state index contributed by atoms with van der Waals surface area (Å²) >= 11 is 0. The van der Waals surface area contributed by atoms with Crippen molar-refractivity contribution in [1.82, 2.24) is 0 Å². The van der Waals surface area contributed by atoms with E-state index in [-0.39, 0.29) is 54.6 Å². The van der Waals surface area contributed by atoms with E-state index >= 15 is 0 Å². The number of rotatable bonds is 17. The Morgan fingerprint density at radius 3 is 1.72 bits per heavy atom. The smallest absolute Gasteiger partial charge is 0.420 e. The van der Waals surface area contributed by atoms with Gasteiger partial charge >= 0.3 is 18.5 Å². The molecule has 0 N–H and O–H groups in total. The minimum atomic E-state index is -5.23. The molecule has 0 aliphatic heterocycles. The Balaban J connectivity index is 1.21. The molecule has 0 radical (unpaired) electrons. The third kappa shape index (κ3) is 11.2. The zero-order valence-corrected chi connectivity index (χ0v) is 31.1. The maximum atomic E-state index is 14.1. The highest BCUT2D eigenvalue weighted by Gasteiger charge is 2.48. The third-order valence-electron chi connectivity index (χ3n) is 10.1. The van der Waals surface area contributed by atoms with Crippen LogP contribution >= 0.6 is 0 Å². The molecular formula is C41H49F9O4. The fourth-order valence-electron chi connectivity index (χ4n) is 7.42. The number of hydrogen-bond acceptors (Lipinski definition) is 4. The summed E-state index contributed by atoms with van der Waals surface area (Å²) in [5, 5.41) is 0. The van der Waals surface area contributed by atoms with E-state index in [1.807, 2.05) is 0 Å². The molecule has 0 bridgehead atoms. The molecule has 300 valence electrons. The lowest BCUT2D eigenvalue weighted by Crippen LogP contribution is -2.25. The van der Waals surface area contributed by atoms with Gasteiger partial charge in [-0.1, -0.05) is 37.6 Å². The van der Waals surface area contributed by atoms with E-state index in [2.05, 4.69) is 6.92 Å². The van der Waals surface area contributed by atoms with Gasteiger partial charge in [0.2, 0.25) is 0 Å². The first-order chi connectivity index (χ1) is 25.5. The molecule has 54 heavy (non-hydrogen) atoms. The largest absolute Gasteiger partial charge is 0.494 e. The molecule has 1 fully saturated rings. The van der Waals surface area contributed by atoms with Crippen molar-refractivity contribution in [2.75, 3.05) is 26.4 Å². The monoisotopic (exact) mass is 776 g/mol. The summed E-state index contributed by atoms with van der Waals surface area (Å²) in [4.78, 5) is 0. The molecule has 0 spiro atoms. The molecule has 0 saturated heterocycles. The van der Waals surface area contributed by atoms with Gasteiger partial charge in [0.05, 0.1) is 37.1 Å². The van der Waals surface area contributed by atoms with E-state index < -0.39 is 46.9 Å². The Morgan fingerprint density at radius 2 is 1.17 bits per heavy atom. The number of halogens is 9. The fraction of sp³-hybridized carbons (Fsp3) is 0.561. The van der Waals surface area contributed by atoms with Gasteiger partial charge in [0, 0.05) is 12.2 Å². The number of hydrogen-bond donors (Lipinski definition) is 0. The van der Waals surface area contributed by atoms with Crippen LogP contribution in [0.5, 0.6) is 17.2 Å². The van der Waals surface area contributed by atoms with Crippen LogP contribution in [0, 0.1) is 12.8 Å². The van der Waals surface area contributed by atoms with Crippen LogP contribution in [0.15, 0.2) is 48.5 Å². The van der Waals surface area contributed by atoms with Crippen LogP contribution in [-0.4, -0.2) is 32.5 Å². The van der Waals surface area contributed by atoms with E-state index in [1.54, 1.807) is 37.3 Å². The molecule has 1 aliphatic rings. The topological polar surface area (TPSA) is 36.9 Å². The maximum Gasteiger partial charge on any atom is 0.420 e. The number of benzene rings is 3. The van der Waals surface area contributed by atoms with Gasteiger partial charge in [-0.3, -0.25) is 0 Å². The van der Waals surface area contributed by atoms with Crippen molar-refractivity contribution in [2.24, 2.45) is 5.92 Å². The molecule has 13 heteroatoms. The van der Waals surface area contributed by atoms with Crippen LogP contribution in [0.25, 0.3) is 11.1 Å². The van der Waals surface area contributed by atoms with Crippen LogP contribution < -0.4 is 14.2 Å². The van der Waals surface area contributed by atoms with E-state index in [1.165, 1.54) is 19.9 Å². The third-order valence-corrected chi connectivity index (χ3v) is 10.1. The van der Waals surface area contributed by atoms with Crippen molar-refractivity contribution in [1.29, 1.82) is 0 Å². The van der Waals surface area contributed by atoms with E-state index in [0.717, 1.165) is 44.2 Å². The van der Waals surface area contributed by atoms with Gasteiger partial charge in [-0.05, 0) is 125 Å². The first-order valence-electron chi connectivity index (χ1n) is 18.6. The second-order valence-corrected chi connectivity index (χ2v) is 13.6. The molecular weight excluding hydrogens is 727 g/mol. The Bertz CT molecular complexity index is 1620. The quantitative estimate of drug-likeness (QED) is 0.101. The van der Waals surface area contributed by atoms with Gasteiger partial charge < -0.3 is 18.9 Å². The molecule has 1 atom stereocenters. The lowest BCUT2D eigenvalue weighted by atomic mass is 9.79. The van der Waals surface area contributed by atoms with Crippen LogP contribution in [0.3, 0.4) is 0 Å². The van der Waals surface area contributed by atoms with E-state index in [9.17, 15) is 39.5 Å². The lowest BCUT2D eigenvalue weighted by molar-refractivity contribution is -0.163. The average molecular weight is 777 g/mol. The highest BCUT2D eigenvalue weighted by Crippen LogP contribution is 2.50. The van der Waals surface area contributed by atoms with Crippen LogP contribution in [0.4, 0.5) is 39.5 Å². The first-order valence-corrected chi connectivity index (χ1v) is 18.6. The van der Waals surface area contributed by atoms with Crippen molar-refractivity contribution in [3.63, 3.8) is 0 Å². The second-order valence-electron chi connectivity index (χ2n) is 13.6. The molecule has 4 nitrogen and oxygen atoms in total. The van der Waals surface area contributed by atoms with Gasteiger partial charge in [0.25, 0.3) is 0 Å². The van der Waals surface area contributed by atoms with Crippen molar-refractivity contribution in [3.05, 3.63) is 76.3 Å². The second kappa shape index (κ2) is 18.8. The van der Waals surface area contributed by atoms with Crippen molar-refractivity contribution in [2.45, 2.75) is 116 Å². The summed E-state index contributed by atoms with van der Waals surface area (Å²) in [5.41, 5.74) is -3.95. The van der Waals surface area contributed by atoms with Gasteiger partial charge in [0.15, 0.2) is 0 Å². The summed E-state index contributed by atoms with van der Waals surface area (Å²) in [7, 11) is 0. The van der Waals surface area contributed by atoms with Gasteiger partial charge in [-0.25, -0.2) is 0 Å². The summed E-state index contributed by atoms with van der Waals surface area (Å²) in [6, 6.07) is 11.7. The summed E-state index contributed by atoms with van der Waals surface area (Å²) in [5.74, 6) is -0.306. The highest BCUT2D eigenvalue weighted by atomic mass is 19.4. The Labute approximate surface area is 311 Å². The summed E-state index contributed by atoms with van der Waals surface area (Å²) in [6.45, 7) is 7.64. The normalized spacial score (nSPS) is 17.4. The fourth-order valence-corrected chi connectivity index (χ4v) is 7.42. The minimum absolute atomic E-state index is 0.0435. The molecule has 0 heterocycles. The van der Waals surface area contributed by atoms with Crippen molar-refractivity contribution in [3.8, 4) is 28.4 Å². The Hall–Kier alpha value is -3.61. The molecule has 3 aromatic rings. The zero-order valence-electron chi connectivity index (χ0n) is 31.1. The molecule has 0 aromatic heterocycles. The first kappa shape index (κ1) is 43.1. The summed E-state index contributed by atoms with van der Waals surface area (Å²) < 4.78 is 148. The zero-order chi connectivity index (χ0) is 39.7. The van der Waals surface area contributed by atoms with Crippen molar-refractivity contribution >= 4 is 0 Å². The van der Waals surface area contributed by atoms with Crippen LogP contribution in [-0.2, 0) is 23.3 Å². The SMILES string of the molecule is CCOc1ccc(-c2ccc(OCCCC(CC)CCCOC3CCC(c4ccc(OCC)c(C(F)(F)F)c4C(F)(F)F)CC3)cc2)c(C(F)(F)F)c1C. The standard InChI is InChI=1S/C41H49F9O4/c1-5-27(10-8-24-53-30-16-12-28(13-17-30)32-20-22-34(51-6-2)26(4)36(32)39(42,43)44)11-9-25-54-31-18-14-29(15-19-31)33-21-23-35(52-7-3)38(41(48,49)50)37(33)40(45,46)47/h12-13,16-17,20-23,27,29,31H,5-11,14-15,18-19,24-25H2,1-4H3. The molecule has 1 unspecified atom stereocenters. The Kier molecular flexibility index (Phi) is 15.0. The Morgan fingerprint density at radius 1 is 0.611 bits per heavy atom.